The highest BCUT2D eigenvalue weighted by Gasteiger charge is 2.38. The summed E-state index contributed by atoms with van der Waals surface area (Å²) in [5.74, 6) is -2.76. The third kappa shape index (κ3) is 6.00. The van der Waals surface area contributed by atoms with Gasteiger partial charge < -0.3 is 5.11 Å². The van der Waals surface area contributed by atoms with E-state index in [9.17, 15) is 13.2 Å². The molecule has 6 heteroatoms. The molecule has 0 spiro atoms. The molecule has 1 heterocycles. The van der Waals surface area contributed by atoms with Crippen LogP contribution in [-0.2, 0) is 4.79 Å². The van der Waals surface area contributed by atoms with Crippen molar-refractivity contribution in [2.24, 2.45) is 0 Å². The van der Waals surface area contributed by atoms with Crippen LogP contribution in [0.3, 0.4) is 0 Å². The van der Waals surface area contributed by atoms with Crippen molar-refractivity contribution in [1.82, 2.24) is 4.98 Å². The van der Waals surface area contributed by atoms with Gasteiger partial charge in [-0.25, -0.2) is 4.79 Å². The first-order valence-electron chi connectivity index (χ1n) is 4.35. The van der Waals surface area contributed by atoms with Gasteiger partial charge in [-0.15, -0.1) is 0 Å². The maximum Gasteiger partial charge on any atom is 0.490 e. The first-order valence-corrected chi connectivity index (χ1v) is 4.35. The highest BCUT2D eigenvalue weighted by molar-refractivity contribution is 5.73. The van der Waals surface area contributed by atoms with Crippen LogP contribution in [0.15, 0.2) is 12.1 Å². The van der Waals surface area contributed by atoms with E-state index in [2.05, 4.69) is 24.0 Å². The molecule has 1 aromatic heterocycles. The Bertz CT molecular complexity index is 324. The van der Waals surface area contributed by atoms with E-state index in [0.717, 1.165) is 11.4 Å². The van der Waals surface area contributed by atoms with Crippen molar-refractivity contribution in [1.29, 1.82) is 0 Å². The molecule has 0 aliphatic rings. The molecule has 0 saturated heterocycles. The molecule has 0 aliphatic carbocycles. The number of pyridine rings is 1. The van der Waals surface area contributed by atoms with E-state index >= 15 is 0 Å². The lowest BCUT2D eigenvalue weighted by Gasteiger charge is -1.96. The topological polar surface area (TPSA) is 50.2 Å². The number of alkyl halides is 3. The van der Waals surface area contributed by atoms with Crippen LogP contribution in [0.1, 0.15) is 17.0 Å². The van der Waals surface area contributed by atoms with Crippen LogP contribution in [0.4, 0.5) is 13.2 Å². The molecule has 0 aliphatic heterocycles. The Morgan fingerprint density at radius 2 is 1.50 bits per heavy atom. The summed E-state index contributed by atoms with van der Waals surface area (Å²) in [7, 11) is 0. The van der Waals surface area contributed by atoms with Crippen LogP contribution >= 0.6 is 0 Å². The number of carboxylic acids is 1. The van der Waals surface area contributed by atoms with Crippen molar-refractivity contribution in [2.45, 2.75) is 26.9 Å². The Balaban J connectivity index is 0.000000293. The molecule has 1 rings (SSSR count). The summed E-state index contributed by atoms with van der Waals surface area (Å²) >= 11 is 0. The molecule has 0 radical (unpaired) electrons. The van der Waals surface area contributed by atoms with E-state index in [1.807, 2.05) is 13.8 Å². The van der Waals surface area contributed by atoms with Crippen molar-refractivity contribution < 1.29 is 23.1 Å². The fourth-order valence-corrected chi connectivity index (χ4v) is 1.04. The fraction of sp³-hybridized carbons (Fsp3) is 0.400. The number of rotatable bonds is 0. The van der Waals surface area contributed by atoms with Crippen LogP contribution in [0.2, 0.25) is 0 Å². The van der Waals surface area contributed by atoms with Crippen molar-refractivity contribution in [2.75, 3.05) is 0 Å². The standard InChI is InChI=1S/C8H11N.C2HF3O2/c1-6-4-7(2)9-8(3)5-6;3-2(4,5)1(6)7/h4-5H,1-3H3;(H,6,7). The predicted molar refractivity (Wildman–Crippen MR) is 52.1 cm³/mol. The second-order valence-electron chi connectivity index (χ2n) is 3.23. The molecular formula is C10H12F3NO2. The minimum absolute atomic E-state index is 1.10. The monoisotopic (exact) mass is 235 g/mol. The van der Waals surface area contributed by atoms with Crippen LogP contribution < -0.4 is 0 Å². The van der Waals surface area contributed by atoms with Gasteiger partial charge in [0.25, 0.3) is 0 Å². The summed E-state index contributed by atoms with van der Waals surface area (Å²) in [5, 5.41) is 7.12. The molecule has 0 amide bonds. The minimum atomic E-state index is -5.08. The van der Waals surface area contributed by atoms with E-state index in [1.54, 1.807) is 0 Å². The predicted octanol–water partition coefficient (Wildman–Crippen LogP) is 2.64. The number of carboxylic acid groups (broad SMARTS) is 1. The molecule has 0 aromatic carbocycles. The molecule has 0 bridgehead atoms. The van der Waals surface area contributed by atoms with Crippen molar-refractivity contribution in [3.63, 3.8) is 0 Å². The van der Waals surface area contributed by atoms with Crippen LogP contribution in [-0.4, -0.2) is 22.2 Å². The maximum absolute atomic E-state index is 10.6. The van der Waals surface area contributed by atoms with Gasteiger partial charge >= 0.3 is 12.1 Å². The first kappa shape index (κ1) is 14.4. The Hall–Kier alpha value is -1.59. The second-order valence-corrected chi connectivity index (χ2v) is 3.23. The Kier molecular flexibility index (Phi) is 4.94. The summed E-state index contributed by atoms with van der Waals surface area (Å²) in [5.41, 5.74) is 3.50. The molecule has 1 aromatic rings. The Morgan fingerprint density at radius 1 is 1.19 bits per heavy atom. The fourth-order valence-electron chi connectivity index (χ4n) is 1.04. The van der Waals surface area contributed by atoms with Gasteiger partial charge in [-0.3, -0.25) is 4.98 Å². The zero-order valence-electron chi connectivity index (χ0n) is 9.09. The zero-order valence-corrected chi connectivity index (χ0v) is 9.09. The summed E-state index contributed by atoms with van der Waals surface area (Å²) in [6.07, 6.45) is -5.08. The summed E-state index contributed by atoms with van der Waals surface area (Å²) in [6, 6.07) is 4.15. The molecule has 90 valence electrons. The average Bonchev–Trinajstić information content (AvgIpc) is 1.99. The van der Waals surface area contributed by atoms with Gasteiger partial charge in [0.2, 0.25) is 0 Å². The van der Waals surface area contributed by atoms with E-state index in [-0.39, 0.29) is 0 Å². The lowest BCUT2D eigenvalue weighted by molar-refractivity contribution is -0.192. The number of aryl methyl sites for hydroxylation is 3. The summed E-state index contributed by atoms with van der Waals surface area (Å²) in [6.45, 7) is 6.11. The van der Waals surface area contributed by atoms with E-state index in [4.69, 9.17) is 9.90 Å². The molecular weight excluding hydrogens is 223 g/mol. The smallest absolute Gasteiger partial charge is 0.475 e. The molecule has 0 saturated carbocycles. The molecule has 0 fully saturated rings. The van der Waals surface area contributed by atoms with Crippen molar-refractivity contribution >= 4 is 5.97 Å². The quantitative estimate of drug-likeness (QED) is 0.752. The van der Waals surface area contributed by atoms with Gasteiger partial charge in [-0.1, -0.05) is 0 Å². The third-order valence-electron chi connectivity index (χ3n) is 1.47. The molecule has 0 atom stereocenters. The van der Waals surface area contributed by atoms with Gasteiger partial charge in [0.1, 0.15) is 0 Å². The van der Waals surface area contributed by atoms with Crippen LogP contribution in [0, 0.1) is 20.8 Å². The summed E-state index contributed by atoms with van der Waals surface area (Å²) in [4.78, 5) is 13.1. The maximum atomic E-state index is 10.6. The van der Waals surface area contributed by atoms with Gasteiger partial charge in [0.05, 0.1) is 0 Å². The number of nitrogens with zero attached hydrogens (tertiary/aromatic N) is 1. The Labute approximate surface area is 90.9 Å². The van der Waals surface area contributed by atoms with E-state index < -0.39 is 12.1 Å². The highest BCUT2D eigenvalue weighted by Crippen LogP contribution is 2.13. The summed E-state index contributed by atoms with van der Waals surface area (Å²) < 4.78 is 31.7. The third-order valence-corrected chi connectivity index (χ3v) is 1.47. The number of aromatic nitrogens is 1. The highest BCUT2D eigenvalue weighted by atomic mass is 19.4. The van der Waals surface area contributed by atoms with Crippen LogP contribution in [0.5, 0.6) is 0 Å². The van der Waals surface area contributed by atoms with Gasteiger partial charge in [-0.2, -0.15) is 13.2 Å². The lowest BCUT2D eigenvalue weighted by atomic mass is 10.2. The minimum Gasteiger partial charge on any atom is -0.475 e. The second kappa shape index (κ2) is 5.48. The van der Waals surface area contributed by atoms with Gasteiger partial charge in [0.15, 0.2) is 0 Å². The van der Waals surface area contributed by atoms with Crippen molar-refractivity contribution in [3.8, 4) is 0 Å². The number of hydrogen-bond donors (Lipinski definition) is 1. The molecule has 0 unspecified atom stereocenters. The number of aliphatic carboxylic acids is 1. The number of hydrogen-bond acceptors (Lipinski definition) is 2. The average molecular weight is 235 g/mol. The van der Waals surface area contributed by atoms with Gasteiger partial charge in [-0.05, 0) is 38.5 Å². The molecule has 3 nitrogen and oxygen atoms in total. The molecule has 1 N–H and O–H groups in total. The lowest BCUT2D eigenvalue weighted by Crippen LogP contribution is -2.21. The van der Waals surface area contributed by atoms with Gasteiger partial charge in [0, 0.05) is 11.4 Å². The largest absolute Gasteiger partial charge is 0.490 e. The van der Waals surface area contributed by atoms with E-state index in [0.29, 0.717) is 0 Å². The van der Waals surface area contributed by atoms with Crippen LogP contribution in [0.25, 0.3) is 0 Å². The van der Waals surface area contributed by atoms with E-state index in [1.165, 1.54) is 5.56 Å². The normalized spacial score (nSPS) is 10.4. The Morgan fingerprint density at radius 3 is 1.69 bits per heavy atom. The zero-order chi connectivity index (χ0) is 12.9. The number of halogens is 3. The SMILES string of the molecule is Cc1cc(C)nc(C)c1.O=C(O)C(F)(F)F. The van der Waals surface area contributed by atoms with Crippen molar-refractivity contribution in [3.05, 3.63) is 29.1 Å². The first-order chi connectivity index (χ1) is 7.12. The number of carbonyl (C=O) groups is 1. The molecule has 16 heavy (non-hydrogen) atoms.